The van der Waals surface area contributed by atoms with E-state index >= 15 is 0 Å². The van der Waals surface area contributed by atoms with Gasteiger partial charge in [0.1, 0.15) is 5.75 Å². The molecule has 0 atom stereocenters. The summed E-state index contributed by atoms with van der Waals surface area (Å²) in [5, 5.41) is 4.20. The third-order valence-electron chi connectivity index (χ3n) is 2.48. The fourth-order valence-corrected chi connectivity index (χ4v) is 2.66. The van der Waals surface area contributed by atoms with Crippen LogP contribution in [0, 0.1) is 0 Å². The number of imide groups is 1. The summed E-state index contributed by atoms with van der Waals surface area (Å²) in [7, 11) is -0.813. The van der Waals surface area contributed by atoms with Gasteiger partial charge in [-0.1, -0.05) is 6.07 Å². The van der Waals surface area contributed by atoms with E-state index in [1.165, 1.54) is 26.3 Å². The summed E-state index contributed by atoms with van der Waals surface area (Å²) in [6, 6.07) is 5.31. The molecule has 1 rings (SSSR count). The van der Waals surface area contributed by atoms with Crippen molar-refractivity contribution in [2.75, 3.05) is 19.9 Å². The van der Waals surface area contributed by atoms with E-state index in [1.807, 2.05) is 5.32 Å². The quantitative estimate of drug-likeness (QED) is 0.815. The van der Waals surface area contributed by atoms with Gasteiger partial charge in [0.15, 0.2) is 9.84 Å². The zero-order chi connectivity index (χ0) is 15.2. The maximum atomic E-state index is 12.0. The fourth-order valence-electron chi connectivity index (χ4n) is 1.39. The van der Waals surface area contributed by atoms with Crippen LogP contribution in [-0.2, 0) is 14.6 Å². The van der Waals surface area contributed by atoms with E-state index in [0.29, 0.717) is 5.75 Å². The molecule has 0 bridgehead atoms. The van der Waals surface area contributed by atoms with Gasteiger partial charge in [-0.2, -0.15) is 0 Å². The molecule has 20 heavy (non-hydrogen) atoms. The standard InChI is InChI=1S/C12H16N2O5S/c1-13-12(16)14-11(15)6-7-20(17,18)10-5-3-4-9(8-10)19-2/h3-5,8H,6-7H2,1-2H3,(H2,13,14,15,16). The van der Waals surface area contributed by atoms with E-state index in [2.05, 4.69) is 5.32 Å². The largest absolute Gasteiger partial charge is 0.497 e. The Balaban J connectivity index is 2.70. The first-order valence-corrected chi connectivity index (χ1v) is 7.42. The first-order chi connectivity index (χ1) is 9.39. The van der Waals surface area contributed by atoms with Crippen molar-refractivity contribution >= 4 is 21.8 Å². The number of hydrogen-bond donors (Lipinski definition) is 2. The Morgan fingerprint density at radius 1 is 1.30 bits per heavy atom. The highest BCUT2D eigenvalue weighted by molar-refractivity contribution is 7.91. The van der Waals surface area contributed by atoms with Gasteiger partial charge >= 0.3 is 6.03 Å². The molecule has 1 aromatic carbocycles. The minimum Gasteiger partial charge on any atom is -0.497 e. The molecule has 0 aliphatic rings. The molecule has 0 radical (unpaired) electrons. The molecule has 1 aromatic rings. The van der Waals surface area contributed by atoms with Gasteiger partial charge in [0.25, 0.3) is 0 Å². The molecular weight excluding hydrogens is 284 g/mol. The van der Waals surface area contributed by atoms with Crippen molar-refractivity contribution in [2.45, 2.75) is 11.3 Å². The summed E-state index contributed by atoms with van der Waals surface area (Å²) >= 11 is 0. The first kappa shape index (κ1) is 16.0. The molecule has 3 amide bonds. The number of sulfone groups is 1. The van der Waals surface area contributed by atoms with Crippen LogP contribution in [0.1, 0.15) is 6.42 Å². The predicted octanol–water partition coefficient (Wildman–Crippen LogP) is 0.315. The van der Waals surface area contributed by atoms with Crippen molar-refractivity contribution in [3.05, 3.63) is 24.3 Å². The minimum atomic E-state index is -3.60. The summed E-state index contributed by atoms with van der Waals surface area (Å²) in [6.07, 6.45) is -0.299. The normalized spacial score (nSPS) is 10.7. The Morgan fingerprint density at radius 3 is 2.60 bits per heavy atom. The highest BCUT2D eigenvalue weighted by atomic mass is 32.2. The monoisotopic (exact) mass is 300 g/mol. The predicted molar refractivity (Wildman–Crippen MR) is 72.3 cm³/mol. The lowest BCUT2D eigenvalue weighted by molar-refractivity contribution is -0.119. The molecule has 8 heteroatoms. The topological polar surface area (TPSA) is 102 Å². The molecule has 0 unspecified atom stereocenters. The van der Waals surface area contributed by atoms with E-state index in [1.54, 1.807) is 12.1 Å². The molecule has 0 saturated heterocycles. The summed E-state index contributed by atoms with van der Waals surface area (Å²) < 4.78 is 29.0. The van der Waals surface area contributed by atoms with Gasteiger partial charge in [0.2, 0.25) is 5.91 Å². The molecule has 0 aliphatic heterocycles. The molecular formula is C12H16N2O5S. The summed E-state index contributed by atoms with van der Waals surface area (Å²) in [5.74, 6) is -0.625. The molecule has 0 aliphatic carbocycles. The highest BCUT2D eigenvalue weighted by Gasteiger charge is 2.17. The van der Waals surface area contributed by atoms with Crippen molar-refractivity contribution in [1.29, 1.82) is 0 Å². The van der Waals surface area contributed by atoms with Crippen LogP contribution in [0.3, 0.4) is 0 Å². The molecule has 0 saturated carbocycles. The number of benzene rings is 1. The number of nitrogens with one attached hydrogen (secondary N) is 2. The Bertz CT molecular complexity index is 598. The summed E-state index contributed by atoms with van der Waals surface area (Å²) in [5.41, 5.74) is 0. The van der Waals surface area contributed by atoms with Gasteiger partial charge in [-0.3, -0.25) is 10.1 Å². The molecule has 7 nitrogen and oxygen atoms in total. The van der Waals surface area contributed by atoms with Gasteiger partial charge in [-0.15, -0.1) is 0 Å². The van der Waals surface area contributed by atoms with E-state index in [-0.39, 0.29) is 17.1 Å². The molecule has 0 heterocycles. The van der Waals surface area contributed by atoms with E-state index in [4.69, 9.17) is 4.74 Å². The van der Waals surface area contributed by atoms with Crippen molar-refractivity contribution < 1.29 is 22.7 Å². The Hall–Kier alpha value is -2.09. The number of hydrogen-bond acceptors (Lipinski definition) is 5. The molecule has 2 N–H and O–H groups in total. The van der Waals surface area contributed by atoms with Crippen LogP contribution in [0.15, 0.2) is 29.2 Å². The number of methoxy groups -OCH3 is 1. The smallest absolute Gasteiger partial charge is 0.321 e. The SMILES string of the molecule is CNC(=O)NC(=O)CCS(=O)(=O)c1cccc(OC)c1. The van der Waals surface area contributed by atoms with Crippen molar-refractivity contribution in [2.24, 2.45) is 0 Å². The first-order valence-electron chi connectivity index (χ1n) is 5.77. The van der Waals surface area contributed by atoms with Crippen LogP contribution in [-0.4, -0.2) is 40.3 Å². The Labute approximate surface area is 117 Å². The van der Waals surface area contributed by atoms with E-state index in [0.717, 1.165) is 0 Å². The summed E-state index contributed by atoms with van der Waals surface area (Å²) in [4.78, 5) is 22.3. The lowest BCUT2D eigenvalue weighted by atomic mass is 10.3. The van der Waals surface area contributed by atoms with Crippen LogP contribution in [0.25, 0.3) is 0 Å². The maximum absolute atomic E-state index is 12.0. The van der Waals surface area contributed by atoms with Gasteiger partial charge in [0.05, 0.1) is 17.8 Å². The lowest BCUT2D eigenvalue weighted by Crippen LogP contribution is -2.38. The second kappa shape index (κ2) is 6.90. The van der Waals surface area contributed by atoms with Crippen LogP contribution < -0.4 is 15.4 Å². The molecule has 0 aromatic heterocycles. The number of carbonyl (C=O) groups is 2. The van der Waals surface area contributed by atoms with Crippen LogP contribution in [0.2, 0.25) is 0 Å². The number of carbonyl (C=O) groups excluding carboxylic acids is 2. The van der Waals surface area contributed by atoms with E-state index in [9.17, 15) is 18.0 Å². The van der Waals surface area contributed by atoms with Crippen molar-refractivity contribution in [3.8, 4) is 5.75 Å². The number of amides is 3. The summed E-state index contributed by atoms with van der Waals surface area (Å²) in [6.45, 7) is 0. The zero-order valence-corrected chi connectivity index (χ0v) is 12.0. The molecule has 110 valence electrons. The van der Waals surface area contributed by atoms with Crippen LogP contribution in [0.4, 0.5) is 4.79 Å². The van der Waals surface area contributed by atoms with Gasteiger partial charge in [0, 0.05) is 13.5 Å². The Kier molecular flexibility index (Phi) is 5.51. The van der Waals surface area contributed by atoms with Gasteiger partial charge in [-0.05, 0) is 18.2 Å². The second-order valence-corrected chi connectivity index (χ2v) is 5.98. The molecule has 0 fully saturated rings. The molecule has 0 spiro atoms. The van der Waals surface area contributed by atoms with Crippen LogP contribution in [0.5, 0.6) is 5.75 Å². The Morgan fingerprint density at radius 2 is 2.00 bits per heavy atom. The van der Waals surface area contributed by atoms with E-state index < -0.39 is 21.8 Å². The van der Waals surface area contributed by atoms with Crippen molar-refractivity contribution in [3.63, 3.8) is 0 Å². The number of ether oxygens (including phenoxy) is 1. The maximum Gasteiger partial charge on any atom is 0.321 e. The fraction of sp³-hybridized carbons (Fsp3) is 0.333. The second-order valence-electron chi connectivity index (χ2n) is 3.88. The lowest BCUT2D eigenvalue weighted by Gasteiger charge is -2.06. The van der Waals surface area contributed by atoms with Gasteiger partial charge < -0.3 is 10.1 Å². The van der Waals surface area contributed by atoms with Crippen LogP contribution >= 0.6 is 0 Å². The number of rotatable bonds is 5. The minimum absolute atomic E-state index is 0.0737. The average molecular weight is 300 g/mol. The third kappa shape index (κ3) is 4.54. The number of urea groups is 1. The van der Waals surface area contributed by atoms with Gasteiger partial charge in [-0.25, -0.2) is 13.2 Å². The zero-order valence-electron chi connectivity index (χ0n) is 11.2. The van der Waals surface area contributed by atoms with Crippen molar-refractivity contribution in [1.82, 2.24) is 10.6 Å². The third-order valence-corrected chi connectivity index (χ3v) is 4.19. The highest BCUT2D eigenvalue weighted by Crippen LogP contribution is 2.18. The average Bonchev–Trinajstić information content (AvgIpc) is 2.45.